The highest BCUT2D eigenvalue weighted by molar-refractivity contribution is 6.17. The van der Waals surface area contributed by atoms with Gasteiger partial charge in [-0.2, -0.15) is 0 Å². The van der Waals surface area contributed by atoms with Crippen molar-refractivity contribution in [2.75, 3.05) is 119 Å². The van der Waals surface area contributed by atoms with E-state index in [-0.39, 0.29) is 38.4 Å². The molecule has 0 aromatic carbocycles. The first-order valence-electron chi connectivity index (χ1n) is 14.7. The summed E-state index contributed by atoms with van der Waals surface area (Å²) >= 11 is 5.44. The molecule has 2 atom stereocenters. The van der Waals surface area contributed by atoms with E-state index >= 15 is 0 Å². The van der Waals surface area contributed by atoms with Crippen molar-refractivity contribution in [2.24, 2.45) is 0 Å². The lowest BCUT2D eigenvalue weighted by Crippen LogP contribution is -2.24. The highest BCUT2D eigenvalue weighted by Gasteiger charge is 2.14. The van der Waals surface area contributed by atoms with Gasteiger partial charge in [-0.15, -0.1) is 11.6 Å². The minimum Gasteiger partial charge on any atom is -0.467 e. The molecular weight excluding hydrogens is 596 g/mol. The van der Waals surface area contributed by atoms with Gasteiger partial charge < -0.3 is 57.2 Å². The van der Waals surface area contributed by atoms with Gasteiger partial charge in [-0.1, -0.05) is 0 Å². The zero-order valence-corrected chi connectivity index (χ0v) is 26.6. The smallest absolute Gasteiger partial charge is 0.331 e. The van der Waals surface area contributed by atoms with Gasteiger partial charge in [0.2, 0.25) is 0 Å². The van der Waals surface area contributed by atoms with Gasteiger partial charge in [-0.25, -0.2) is 9.59 Å². The largest absolute Gasteiger partial charge is 0.467 e. The van der Waals surface area contributed by atoms with Crippen LogP contribution in [0.15, 0.2) is 0 Å². The van der Waals surface area contributed by atoms with Crippen LogP contribution in [-0.4, -0.2) is 149 Å². The maximum Gasteiger partial charge on any atom is 0.331 e. The fourth-order valence-corrected chi connectivity index (χ4v) is 3.34. The van der Waals surface area contributed by atoms with E-state index in [0.717, 1.165) is 38.9 Å². The fourth-order valence-electron chi connectivity index (χ4n) is 3.25. The molecule has 0 aromatic heterocycles. The number of aliphatic hydroxyl groups is 1. The highest BCUT2D eigenvalue weighted by Crippen LogP contribution is 2.14. The Hall–Kier alpha value is -1.17. The molecule has 2 aliphatic rings. The quantitative estimate of drug-likeness (QED) is 0.103. The second-order valence-electron chi connectivity index (χ2n) is 8.84. The lowest BCUT2D eigenvalue weighted by atomic mass is 10.2. The molecule has 2 saturated heterocycles. The maximum atomic E-state index is 10.7. The third-order valence-corrected chi connectivity index (χ3v) is 5.59. The number of methoxy groups -OCH3 is 2. The summed E-state index contributed by atoms with van der Waals surface area (Å²) < 4.78 is 55.7. The van der Waals surface area contributed by atoms with Crippen molar-refractivity contribution in [1.29, 1.82) is 0 Å². The lowest BCUT2D eigenvalue weighted by Gasteiger charge is -2.22. The first-order chi connectivity index (χ1) is 21.1. The van der Waals surface area contributed by atoms with Crippen molar-refractivity contribution in [3.63, 3.8) is 0 Å². The van der Waals surface area contributed by atoms with Gasteiger partial charge in [0.05, 0.1) is 86.9 Å². The SMILES string of the molecule is COC(=O)COCCOCCO.COC(=O)COCCOCCOCCOC1CCCCO1.ClCCOC1CCCCO1. The van der Waals surface area contributed by atoms with E-state index in [2.05, 4.69) is 9.47 Å². The Morgan fingerprint density at radius 2 is 1.05 bits per heavy atom. The van der Waals surface area contributed by atoms with Gasteiger partial charge in [0.15, 0.2) is 12.6 Å². The molecule has 1 N–H and O–H groups in total. The molecule has 2 unspecified atom stereocenters. The number of rotatable bonds is 22. The molecule has 0 aromatic rings. The van der Waals surface area contributed by atoms with Gasteiger partial charge in [0, 0.05) is 19.1 Å². The standard InChI is InChI=1S/C14H26O7.C7H13ClO2.C7H14O5/c1-16-13(15)12-19-9-8-17-6-7-18-10-11-21-14-4-2-3-5-20-14;8-4-6-10-7-3-1-2-5-9-7;1-10-7(9)6-12-5-4-11-3-2-8/h14H,2-12H2,1H3;7H,1-6H2;8H,2-6H2,1H3. The second-order valence-corrected chi connectivity index (χ2v) is 9.22. The molecule has 0 saturated carbocycles. The molecule has 0 aliphatic carbocycles. The summed E-state index contributed by atoms with van der Waals surface area (Å²) in [6.45, 7) is 5.96. The number of esters is 2. The summed E-state index contributed by atoms with van der Waals surface area (Å²) in [5.41, 5.74) is 0. The zero-order chi connectivity index (χ0) is 31.6. The monoisotopic (exact) mass is 648 g/mol. The topological polar surface area (TPSA) is 156 Å². The molecule has 0 radical (unpaired) electrons. The molecule has 0 bridgehead atoms. The number of alkyl halides is 1. The van der Waals surface area contributed by atoms with Gasteiger partial charge in [-0.05, 0) is 38.5 Å². The first-order valence-corrected chi connectivity index (χ1v) is 15.3. The molecule has 0 amide bonds. The Labute approximate surface area is 260 Å². The Bertz CT molecular complexity index is 604. The average Bonchev–Trinajstić information content (AvgIpc) is 3.05. The maximum absolute atomic E-state index is 10.7. The molecule has 2 aliphatic heterocycles. The Kier molecular flexibility index (Phi) is 32.8. The molecule has 2 fully saturated rings. The Balaban J connectivity index is 0.000000677. The van der Waals surface area contributed by atoms with Gasteiger partial charge >= 0.3 is 11.9 Å². The van der Waals surface area contributed by atoms with Crippen LogP contribution in [0.5, 0.6) is 0 Å². The van der Waals surface area contributed by atoms with Crippen LogP contribution in [0.2, 0.25) is 0 Å². The van der Waals surface area contributed by atoms with Gasteiger partial charge in [0.1, 0.15) is 13.2 Å². The third-order valence-electron chi connectivity index (χ3n) is 5.43. The minimum absolute atomic E-state index is 0.00297. The van der Waals surface area contributed by atoms with Crippen LogP contribution in [0.3, 0.4) is 0 Å². The van der Waals surface area contributed by atoms with Gasteiger partial charge in [-0.3, -0.25) is 0 Å². The minimum atomic E-state index is -0.405. The average molecular weight is 649 g/mol. The van der Waals surface area contributed by atoms with E-state index < -0.39 is 5.97 Å². The molecule has 0 spiro atoms. The van der Waals surface area contributed by atoms with Crippen LogP contribution in [0.4, 0.5) is 0 Å². The number of hydrogen-bond donors (Lipinski definition) is 1. The predicted molar refractivity (Wildman–Crippen MR) is 155 cm³/mol. The summed E-state index contributed by atoms with van der Waals surface area (Å²) in [6, 6.07) is 0. The van der Waals surface area contributed by atoms with Crippen molar-refractivity contribution in [1.82, 2.24) is 0 Å². The number of halogens is 1. The highest BCUT2D eigenvalue weighted by atomic mass is 35.5. The van der Waals surface area contributed by atoms with E-state index in [1.807, 2.05) is 0 Å². The summed E-state index contributed by atoms with van der Waals surface area (Å²) in [5, 5.41) is 8.31. The normalized spacial score (nSPS) is 18.0. The molecular formula is C28H53ClO14. The van der Waals surface area contributed by atoms with E-state index in [1.165, 1.54) is 27.1 Å². The second kappa shape index (κ2) is 33.7. The Morgan fingerprint density at radius 3 is 1.44 bits per heavy atom. The fraction of sp³-hybridized carbons (Fsp3) is 0.929. The van der Waals surface area contributed by atoms with Crippen molar-refractivity contribution in [3.05, 3.63) is 0 Å². The van der Waals surface area contributed by atoms with Crippen LogP contribution < -0.4 is 0 Å². The van der Waals surface area contributed by atoms with E-state index in [1.54, 1.807) is 0 Å². The van der Waals surface area contributed by atoms with Crippen molar-refractivity contribution < 1.29 is 66.8 Å². The van der Waals surface area contributed by atoms with E-state index in [4.69, 9.17) is 59.3 Å². The number of carbonyl (C=O) groups excluding carboxylic acids is 2. The van der Waals surface area contributed by atoms with Crippen molar-refractivity contribution in [3.8, 4) is 0 Å². The van der Waals surface area contributed by atoms with Crippen LogP contribution in [0, 0.1) is 0 Å². The zero-order valence-electron chi connectivity index (χ0n) is 25.8. The number of aliphatic hydroxyl groups excluding tert-OH is 1. The molecule has 2 rings (SSSR count). The van der Waals surface area contributed by atoms with E-state index in [9.17, 15) is 9.59 Å². The predicted octanol–water partition coefficient (Wildman–Crippen LogP) is 1.71. The molecule has 15 heteroatoms. The number of ether oxygens (including phenoxy) is 11. The summed E-state index contributed by atoms with van der Waals surface area (Å²) in [5.74, 6) is -0.239. The number of hydrogen-bond acceptors (Lipinski definition) is 14. The third kappa shape index (κ3) is 30.6. The Morgan fingerprint density at radius 1 is 0.628 bits per heavy atom. The first kappa shape index (κ1) is 41.8. The van der Waals surface area contributed by atoms with Crippen LogP contribution >= 0.6 is 11.6 Å². The van der Waals surface area contributed by atoms with Crippen LogP contribution in [0.1, 0.15) is 38.5 Å². The molecule has 256 valence electrons. The summed E-state index contributed by atoms with van der Waals surface area (Å²) in [7, 11) is 2.62. The molecule has 43 heavy (non-hydrogen) atoms. The lowest BCUT2D eigenvalue weighted by molar-refractivity contribution is -0.169. The van der Waals surface area contributed by atoms with Crippen molar-refractivity contribution >= 4 is 23.5 Å². The van der Waals surface area contributed by atoms with E-state index in [0.29, 0.717) is 71.9 Å². The summed E-state index contributed by atoms with van der Waals surface area (Å²) in [4.78, 5) is 21.2. The van der Waals surface area contributed by atoms with Gasteiger partial charge in [0.25, 0.3) is 0 Å². The van der Waals surface area contributed by atoms with Crippen LogP contribution in [-0.2, 0) is 61.7 Å². The number of carbonyl (C=O) groups is 2. The van der Waals surface area contributed by atoms with Crippen LogP contribution in [0.25, 0.3) is 0 Å². The molecule has 14 nitrogen and oxygen atoms in total. The molecule has 2 heterocycles. The summed E-state index contributed by atoms with van der Waals surface area (Å²) in [6.07, 6.45) is 6.62. The van der Waals surface area contributed by atoms with Crippen molar-refractivity contribution in [2.45, 2.75) is 51.1 Å².